The van der Waals surface area contributed by atoms with Gasteiger partial charge in [-0.25, -0.2) is 21.6 Å². The first-order chi connectivity index (χ1) is 13.7. The molecule has 0 aromatic heterocycles. The van der Waals surface area contributed by atoms with Gasteiger partial charge in [-0.15, -0.1) is 0 Å². The lowest BCUT2D eigenvalue weighted by Crippen LogP contribution is -2.53. The highest BCUT2D eigenvalue weighted by Gasteiger charge is 2.32. The normalized spacial score (nSPS) is 21.2. The molecule has 3 rings (SSSR count). The molecule has 2 N–H and O–H groups in total. The van der Waals surface area contributed by atoms with Crippen molar-refractivity contribution in [3.8, 4) is 0 Å². The van der Waals surface area contributed by atoms with Gasteiger partial charge >= 0.3 is 0 Å². The highest BCUT2D eigenvalue weighted by atomic mass is 32.2. The van der Waals surface area contributed by atoms with Gasteiger partial charge in [0, 0.05) is 37.9 Å². The Bertz CT molecular complexity index is 1040. The molecule has 1 heterocycles. The van der Waals surface area contributed by atoms with Crippen molar-refractivity contribution in [2.45, 2.75) is 28.8 Å². The van der Waals surface area contributed by atoms with Crippen molar-refractivity contribution in [1.82, 2.24) is 9.62 Å². The Labute approximate surface area is 172 Å². The third kappa shape index (κ3) is 5.64. The van der Waals surface area contributed by atoms with Gasteiger partial charge in [-0.2, -0.15) is 0 Å². The fourth-order valence-corrected chi connectivity index (χ4v) is 5.63. The van der Waals surface area contributed by atoms with Gasteiger partial charge in [0.2, 0.25) is 10.0 Å². The van der Waals surface area contributed by atoms with E-state index in [9.17, 15) is 21.9 Å². The molecule has 1 fully saturated rings. The molecule has 1 aliphatic rings. The molecule has 29 heavy (non-hydrogen) atoms. The van der Waals surface area contributed by atoms with Gasteiger partial charge in [-0.1, -0.05) is 36.4 Å². The van der Waals surface area contributed by atoms with Gasteiger partial charge in [0.25, 0.3) is 0 Å². The number of nitrogens with one attached hydrogen (secondary N) is 1. The molecule has 1 aliphatic heterocycles. The topological polar surface area (TPSA) is 104 Å². The Morgan fingerprint density at radius 2 is 1.72 bits per heavy atom. The van der Waals surface area contributed by atoms with Crippen molar-refractivity contribution in [3.05, 3.63) is 60.2 Å². The predicted octanol–water partition coefficient (Wildman–Crippen LogP) is 1.25. The van der Waals surface area contributed by atoms with Crippen LogP contribution < -0.4 is 4.72 Å². The van der Waals surface area contributed by atoms with Crippen molar-refractivity contribution in [1.29, 1.82) is 0 Å². The fourth-order valence-electron chi connectivity index (χ4n) is 3.54. The molecule has 2 aromatic carbocycles. The summed E-state index contributed by atoms with van der Waals surface area (Å²) in [5.74, 6) is -0.199. The van der Waals surface area contributed by atoms with Gasteiger partial charge < -0.3 is 5.11 Å². The SMILES string of the molecule is CS(=O)(=O)c1cccc(S(=O)(=O)N[C@@H]2CN(Cc3ccccc3)CC[C@H]2CO)c1. The lowest BCUT2D eigenvalue weighted by Gasteiger charge is -2.38. The number of likely N-dealkylation sites (tertiary alicyclic amines) is 1. The van der Waals surface area contributed by atoms with Crippen LogP contribution in [0.5, 0.6) is 0 Å². The van der Waals surface area contributed by atoms with Crippen LogP contribution in [0.1, 0.15) is 12.0 Å². The predicted molar refractivity (Wildman–Crippen MR) is 111 cm³/mol. The van der Waals surface area contributed by atoms with E-state index in [2.05, 4.69) is 9.62 Å². The number of aliphatic hydroxyl groups excluding tert-OH is 1. The molecular formula is C20H26N2O5S2. The molecule has 2 atom stereocenters. The summed E-state index contributed by atoms with van der Waals surface area (Å²) in [6.45, 7) is 1.81. The van der Waals surface area contributed by atoms with Crippen LogP contribution in [0.2, 0.25) is 0 Å². The zero-order valence-corrected chi connectivity index (χ0v) is 17.9. The van der Waals surface area contributed by atoms with E-state index < -0.39 is 25.9 Å². The van der Waals surface area contributed by atoms with E-state index in [0.29, 0.717) is 19.5 Å². The average Bonchev–Trinajstić information content (AvgIpc) is 2.68. The first kappa shape index (κ1) is 21.9. The fraction of sp³-hybridized carbons (Fsp3) is 0.400. The Hall–Kier alpha value is -1.78. The van der Waals surface area contributed by atoms with Crippen LogP contribution in [0.3, 0.4) is 0 Å². The summed E-state index contributed by atoms with van der Waals surface area (Å²) in [4.78, 5) is 2.01. The summed E-state index contributed by atoms with van der Waals surface area (Å²) in [5.41, 5.74) is 1.14. The van der Waals surface area contributed by atoms with Gasteiger partial charge in [0.15, 0.2) is 9.84 Å². The van der Waals surface area contributed by atoms with Crippen LogP contribution in [0.15, 0.2) is 64.4 Å². The van der Waals surface area contributed by atoms with E-state index in [-0.39, 0.29) is 22.3 Å². The number of hydrogen-bond donors (Lipinski definition) is 2. The molecule has 0 radical (unpaired) electrons. The highest BCUT2D eigenvalue weighted by Crippen LogP contribution is 2.22. The third-order valence-electron chi connectivity index (χ3n) is 5.17. The number of sulfone groups is 1. The summed E-state index contributed by atoms with van der Waals surface area (Å²) < 4.78 is 52.0. The molecule has 0 amide bonds. The van der Waals surface area contributed by atoms with Gasteiger partial charge in [0.1, 0.15) is 0 Å². The van der Waals surface area contributed by atoms with E-state index in [1.54, 1.807) is 0 Å². The van der Waals surface area contributed by atoms with Crippen LogP contribution >= 0.6 is 0 Å². The van der Waals surface area contributed by atoms with Crippen LogP contribution in [0, 0.1) is 5.92 Å². The zero-order chi connectivity index (χ0) is 21.1. The summed E-state index contributed by atoms with van der Waals surface area (Å²) in [7, 11) is -7.45. The van der Waals surface area contributed by atoms with Crippen molar-refractivity contribution in [2.75, 3.05) is 26.0 Å². The van der Waals surface area contributed by atoms with Gasteiger partial charge in [-0.3, -0.25) is 4.90 Å². The molecule has 7 nitrogen and oxygen atoms in total. The summed E-state index contributed by atoms with van der Waals surface area (Å²) in [5, 5.41) is 9.72. The van der Waals surface area contributed by atoms with E-state index in [0.717, 1.165) is 24.4 Å². The number of nitrogens with zero attached hydrogens (tertiary/aromatic N) is 1. The quantitative estimate of drug-likeness (QED) is 0.674. The highest BCUT2D eigenvalue weighted by molar-refractivity contribution is 7.91. The Balaban J connectivity index is 1.78. The van der Waals surface area contributed by atoms with Crippen molar-refractivity contribution in [2.24, 2.45) is 5.92 Å². The molecular weight excluding hydrogens is 412 g/mol. The van der Waals surface area contributed by atoms with E-state index in [1.165, 1.54) is 18.2 Å². The van der Waals surface area contributed by atoms with Crippen LogP contribution in [0.25, 0.3) is 0 Å². The first-order valence-corrected chi connectivity index (χ1v) is 12.8. The number of piperidine rings is 1. The molecule has 1 saturated heterocycles. The number of aliphatic hydroxyl groups is 1. The second kappa shape index (κ2) is 8.93. The number of benzene rings is 2. The second-order valence-corrected chi connectivity index (χ2v) is 11.2. The lowest BCUT2D eigenvalue weighted by atomic mass is 9.93. The second-order valence-electron chi connectivity index (χ2n) is 7.43. The van der Waals surface area contributed by atoms with Gasteiger partial charge in [-0.05, 0) is 36.7 Å². The monoisotopic (exact) mass is 438 g/mol. The maximum Gasteiger partial charge on any atom is 0.240 e. The third-order valence-corrected chi connectivity index (χ3v) is 7.77. The first-order valence-electron chi connectivity index (χ1n) is 9.38. The number of rotatable bonds is 7. The number of sulfonamides is 1. The molecule has 0 spiro atoms. The summed E-state index contributed by atoms with van der Waals surface area (Å²) in [6.07, 6.45) is 1.70. The van der Waals surface area contributed by atoms with Crippen molar-refractivity contribution < 1.29 is 21.9 Å². The largest absolute Gasteiger partial charge is 0.396 e. The minimum atomic E-state index is -3.93. The van der Waals surface area contributed by atoms with Crippen LogP contribution in [-0.4, -0.2) is 58.8 Å². The molecule has 158 valence electrons. The van der Waals surface area contributed by atoms with Crippen LogP contribution in [0.4, 0.5) is 0 Å². The Kier molecular flexibility index (Phi) is 6.75. The molecule has 9 heteroatoms. The van der Waals surface area contributed by atoms with E-state index in [4.69, 9.17) is 0 Å². The summed E-state index contributed by atoms with van der Waals surface area (Å²) >= 11 is 0. The van der Waals surface area contributed by atoms with E-state index in [1.807, 2.05) is 30.3 Å². The maximum atomic E-state index is 12.9. The maximum absolute atomic E-state index is 12.9. The molecule has 0 unspecified atom stereocenters. The lowest BCUT2D eigenvalue weighted by molar-refractivity contribution is 0.101. The molecule has 2 aromatic rings. The zero-order valence-electron chi connectivity index (χ0n) is 16.2. The number of hydrogen-bond acceptors (Lipinski definition) is 6. The minimum absolute atomic E-state index is 0.0477. The van der Waals surface area contributed by atoms with Crippen molar-refractivity contribution in [3.63, 3.8) is 0 Å². The average molecular weight is 439 g/mol. The van der Waals surface area contributed by atoms with Crippen LogP contribution in [-0.2, 0) is 26.4 Å². The smallest absolute Gasteiger partial charge is 0.240 e. The molecule has 0 saturated carbocycles. The van der Waals surface area contributed by atoms with Crippen molar-refractivity contribution >= 4 is 19.9 Å². The Morgan fingerprint density at radius 3 is 2.38 bits per heavy atom. The Morgan fingerprint density at radius 1 is 1.03 bits per heavy atom. The van der Waals surface area contributed by atoms with E-state index >= 15 is 0 Å². The standard InChI is InChI=1S/C20H26N2O5S2/c1-28(24,25)18-8-5-9-19(12-18)29(26,27)21-20-14-22(11-10-17(20)15-23)13-16-6-3-2-4-7-16/h2-9,12,17,20-21,23H,10-11,13-15H2,1H3/t17-,20+/m0/s1. The van der Waals surface area contributed by atoms with Gasteiger partial charge in [0.05, 0.1) is 9.79 Å². The molecule has 0 aliphatic carbocycles. The minimum Gasteiger partial charge on any atom is -0.396 e. The molecule has 0 bridgehead atoms. The summed E-state index contributed by atoms with van der Waals surface area (Å²) in [6, 6.07) is 14.8.